The molecule has 4 N–H and O–H groups in total. The minimum atomic E-state index is -1.20. The number of ether oxygens (including phenoxy) is 2. The summed E-state index contributed by atoms with van der Waals surface area (Å²) in [5.41, 5.74) is 7.46. The summed E-state index contributed by atoms with van der Waals surface area (Å²) in [7, 11) is 3.85. The van der Waals surface area contributed by atoms with Gasteiger partial charge in [-0.15, -0.1) is 0 Å². The van der Waals surface area contributed by atoms with Crippen LogP contribution >= 0.6 is 0 Å². The number of rotatable bonds is 5. The highest BCUT2D eigenvalue weighted by molar-refractivity contribution is 5.93. The fraction of sp³-hybridized carbons (Fsp3) is 0.407. The molecule has 0 saturated heterocycles. The van der Waals surface area contributed by atoms with Gasteiger partial charge in [-0.05, 0) is 41.3 Å². The monoisotopic (exact) mass is 557 g/mol. The van der Waals surface area contributed by atoms with E-state index in [1.54, 1.807) is 31.2 Å². The van der Waals surface area contributed by atoms with E-state index < -0.39 is 47.2 Å². The number of nitro benzene ring substituents is 1. The summed E-state index contributed by atoms with van der Waals surface area (Å²) in [6.45, 7) is 4.92. The molecular formula is C27H35N5O8. The van der Waals surface area contributed by atoms with Gasteiger partial charge in [-0.1, -0.05) is 26.0 Å². The minimum Gasteiger partial charge on any atom is -0.490 e. The van der Waals surface area contributed by atoms with Crippen LogP contribution in [0.25, 0.3) is 11.1 Å². The lowest BCUT2D eigenvalue weighted by molar-refractivity contribution is -0.385. The zero-order valence-corrected chi connectivity index (χ0v) is 23.4. The van der Waals surface area contributed by atoms with Crippen molar-refractivity contribution in [2.45, 2.75) is 39.3 Å². The van der Waals surface area contributed by atoms with Crippen molar-refractivity contribution in [3.05, 3.63) is 57.1 Å². The molecular weight excluding hydrogens is 522 g/mol. The predicted molar refractivity (Wildman–Crippen MR) is 146 cm³/mol. The molecule has 0 spiro atoms. The Bertz CT molecular complexity index is 1300. The number of nitrogens with zero attached hydrogens (tertiary/aromatic N) is 2. The van der Waals surface area contributed by atoms with Crippen molar-refractivity contribution in [3.63, 3.8) is 0 Å². The number of esters is 1. The van der Waals surface area contributed by atoms with Crippen LogP contribution in [0.5, 0.6) is 5.75 Å². The minimum absolute atomic E-state index is 0.0304. The largest absolute Gasteiger partial charge is 0.490 e. The van der Waals surface area contributed by atoms with E-state index in [2.05, 4.69) is 10.6 Å². The molecule has 13 heteroatoms. The topological polar surface area (TPSA) is 183 Å². The number of hydrogen-bond acceptors (Lipinski definition) is 9. The van der Waals surface area contributed by atoms with Gasteiger partial charge in [0, 0.05) is 25.1 Å². The van der Waals surface area contributed by atoms with Crippen LogP contribution in [0, 0.1) is 17.0 Å². The Balaban J connectivity index is 0.00000274. The van der Waals surface area contributed by atoms with Gasteiger partial charge in [-0.3, -0.25) is 24.5 Å². The van der Waals surface area contributed by atoms with Crippen molar-refractivity contribution in [3.8, 4) is 16.9 Å². The molecule has 0 aliphatic carbocycles. The van der Waals surface area contributed by atoms with Gasteiger partial charge in [0.25, 0.3) is 0 Å². The van der Waals surface area contributed by atoms with E-state index in [0.717, 1.165) is 12.0 Å². The number of nitrogens with two attached hydrogens (primary N) is 1. The van der Waals surface area contributed by atoms with Crippen LogP contribution in [0.15, 0.2) is 30.3 Å². The second-order valence-corrected chi connectivity index (χ2v) is 8.70. The van der Waals surface area contributed by atoms with E-state index in [1.165, 1.54) is 20.2 Å². The standard InChI is InChI=1S/C25H29N5O8.C2H6/c1-13-5-6-15-10-16(13)17-7-14(9-19(30(35)36)23(17)37-3)8-18(25(34)38-4)28-20(31)12-27-24(33)22(15)29(2)21(32)11-26;1-2/h5-7,9-10,18,22H,8,11-12,26H2,1-4H3,(H,27,33)(H,28,31);1-2H3. The molecule has 1 heterocycles. The molecule has 3 amide bonds. The molecule has 216 valence electrons. The molecule has 40 heavy (non-hydrogen) atoms. The number of nitro groups is 1. The second-order valence-electron chi connectivity index (χ2n) is 8.70. The number of amides is 3. The van der Waals surface area contributed by atoms with Gasteiger partial charge < -0.3 is 30.7 Å². The zero-order chi connectivity index (χ0) is 30.1. The summed E-state index contributed by atoms with van der Waals surface area (Å²) in [6.07, 6.45) is -0.126. The molecule has 1 aliphatic rings. The van der Waals surface area contributed by atoms with E-state index in [-0.39, 0.29) is 24.4 Å². The maximum atomic E-state index is 13.3. The molecule has 2 atom stereocenters. The third kappa shape index (κ3) is 6.91. The van der Waals surface area contributed by atoms with Crippen LogP contribution < -0.4 is 21.1 Å². The fourth-order valence-corrected chi connectivity index (χ4v) is 4.36. The van der Waals surface area contributed by atoms with Gasteiger partial charge in [0.15, 0.2) is 0 Å². The summed E-state index contributed by atoms with van der Waals surface area (Å²) in [5, 5.41) is 17.0. The number of aryl methyl sites for hydroxylation is 1. The Hall–Kier alpha value is -4.52. The molecule has 0 fully saturated rings. The van der Waals surface area contributed by atoms with Crippen molar-refractivity contribution in [1.29, 1.82) is 0 Å². The van der Waals surface area contributed by atoms with Crippen LogP contribution in [0.1, 0.15) is 36.6 Å². The molecule has 0 radical (unpaired) electrons. The first kappa shape index (κ1) is 31.7. The number of methoxy groups -OCH3 is 2. The summed E-state index contributed by atoms with van der Waals surface area (Å²) in [6, 6.07) is 5.50. The van der Waals surface area contributed by atoms with Gasteiger partial charge in [-0.25, -0.2) is 4.79 Å². The Morgan fingerprint density at radius 3 is 2.40 bits per heavy atom. The van der Waals surface area contributed by atoms with Gasteiger partial charge in [0.05, 0.1) is 32.2 Å². The Kier molecular flexibility index (Phi) is 11.1. The van der Waals surface area contributed by atoms with Crippen LogP contribution in [0.3, 0.4) is 0 Å². The molecule has 4 bridgehead atoms. The predicted octanol–water partition coefficient (Wildman–Crippen LogP) is 1.39. The lowest BCUT2D eigenvalue weighted by Crippen LogP contribution is -2.49. The summed E-state index contributed by atoms with van der Waals surface area (Å²) in [4.78, 5) is 63.4. The molecule has 1 aliphatic heterocycles. The number of benzene rings is 2. The maximum Gasteiger partial charge on any atom is 0.328 e. The number of hydrogen-bond donors (Lipinski definition) is 3. The van der Waals surface area contributed by atoms with Gasteiger partial charge in [0.1, 0.15) is 12.1 Å². The molecule has 0 saturated carbocycles. The van der Waals surface area contributed by atoms with E-state index in [1.807, 2.05) is 13.8 Å². The normalized spacial score (nSPS) is 16.7. The Morgan fingerprint density at radius 2 is 1.82 bits per heavy atom. The number of carbonyl (C=O) groups excluding carboxylic acids is 4. The fourth-order valence-electron chi connectivity index (χ4n) is 4.36. The number of nitrogens with one attached hydrogen (secondary N) is 2. The quantitative estimate of drug-likeness (QED) is 0.278. The third-order valence-electron chi connectivity index (χ3n) is 6.29. The van der Waals surface area contributed by atoms with Gasteiger partial charge in [-0.2, -0.15) is 0 Å². The molecule has 13 nitrogen and oxygen atoms in total. The first-order valence-electron chi connectivity index (χ1n) is 12.6. The van der Waals surface area contributed by atoms with E-state index in [0.29, 0.717) is 27.8 Å². The van der Waals surface area contributed by atoms with E-state index in [4.69, 9.17) is 15.2 Å². The Labute approximate surface area is 232 Å². The van der Waals surface area contributed by atoms with Crippen molar-refractivity contribution >= 4 is 29.4 Å². The highest BCUT2D eigenvalue weighted by Gasteiger charge is 2.32. The van der Waals surface area contributed by atoms with Crippen molar-refractivity contribution in [2.24, 2.45) is 5.73 Å². The molecule has 0 aromatic heterocycles. The second kappa shape index (κ2) is 14.0. The van der Waals surface area contributed by atoms with E-state index >= 15 is 0 Å². The van der Waals surface area contributed by atoms with Crippen molar-refractivity contribution in [2.75, 3.05) is 34.4 Å². The summed E-state index contributed by atoms with van der Waals surface area (Å²) < 4.78 is 10.2. The summed E-state index contributed by atoms with van der Waals surface area (Å²) in [5.74, 6) is -2.71. The molecule has 2 aromatic rings. The number of likely N-dealkylation sites (N-methyl/N-ethyl adjacent to an activating group) is 1. The van der Waals surface area contributed by atoms with E-state index in [9.17, 15) is 29.3 Å². The van der Waals surface area contributed by atoms with Gasteiger partial charge >= 0.3 is 11.7 Å². The highest BCUT2D eigenvalue weighted by atomic mass is 16.6. The Morgan fingerprint density at radius 1 is 1.15 bits per heavy atom. The third-order valence-corrected chi connectivity index (χ3v) is 6.29. The first-order chi connectivity index (χ1) is 19.0. The lowest BCUT2D eigenvalue weighted by Gasteiger charge is -2.28. The average Bonchev–Trinajstić information content (AvgIpc) is 2.95. The van der Waals surface area contributed by atoms with Crippen molar-refractivity contribution in [1.82, 2.24) is 15.5 Å². The SMILES string of the molecule is CC.COC(=O)C1Cc2cc(c(OC)c([N+](=O)[O-])c2)-c2cc(ccc2C)C(N(C)C(=O)CN)C(=O)NCC(=O)N1. The number of fused-ring (bicyclic) bond motifs is 5. The van der Waals surface area contributed by atoms with Crippen LogP contribution in [-0.4, -0.2) is 73.9 Å². The first-order valence-corrected chi connectivity index (χ1v) is 12.6. The zero-order valence-electron chi connectivity index (χ0n) is 23.4. The lowest BCUT2D eigenvalue weighted by atomic mass is 9.91. The number of carbonyl (C=O) groups is 4. The van der Waals surface area contributed by atoms with Gasteiger partial charge in [0.2, 0.25) is 23.5 Å². The van der Waals surface area contributed by atoms with Crippen LogP contribution in [0.4, 0.5) is 5.69 Å². The van der Waals surface area contributed by atoms with Crippen LogP contribution in [0.2, 0.25) is 0 Å². The highest BCUT2D eigenvalue weighted by Crippen LogP contribution is 2.41. The van der Waals surface area contributed by atoms with Crippen molar-refractivity contribution < 1.29 is 33.6 Å². The maximum absolute atomic E-state index is 13.3. The van der Waals surface area contributed by atoms with Crippen LogP contribution in [-0.2, 0) is 30.3 Å². The summed E-state index contributed by atoms with van der Waals surface area (Å²) >= 11 is 0. The molecule has 2 unspecified atom stereocenters. The molecule has 2 aromatic carbocycles. The smallest absolute Gasteiger partial charge is 0.328 e. The average molecular weight is 558 g/mol. The molecule has 3 rings (SSSR count).